The molecule has 0 atom stereocenters. The molecule has 0 spiro atoms. The highest BCUT2D eigenvalue weighted by atomic mass is 16.5. The van der Waals surface area contributed by atoms with Crippen LogP contribution >= 0.6 is 0 Å². The molecule has 200 valence electrons. The van der Waals surface area contributed by atoms with Gasteiger partial charge in [-0.15, -0.1) is 10.2 Å². The van der Waals surface area contributed by atoms with Gasteiger partial charge in [0.05, 0.1) is 19.3 Å². The lowest BCUT2D eigenvalue weighted by molar-refractivity contribution is 0.0963. The summed E-state index contributed by atoms with van der Waals surface area (Å²) in [5, 5.41) is 17.4. The summed E-state index contributed by atoms with van der Waals surface area (Å²) in [7, 11) is 0. The Morgan fingerprint density at radius 3 is 2.34 bits per heavy atom. The Balaban J connectivity index is 1.55. The van der Waals surface area contributed by atoms with Crippen LogP contribution in [-0.2, 0) is 29.9 Å². The van der Waals surface area contributed by atoms with Crippen LogP contribution in [0.2, 0.25) is 0 Å². The van der Waals surface area contributed by atoms with Crippen LogP contribution in [0.4, 0.5) is 0 Å². The number of nitrogens with zero attached hydrogens (tertiary/aromatic N) is 4. The summed E-state index contributed by atoms with van der Waals surface area (Å²) in [6.07, 6.45) is 1.80. The molecule has 38 heavy (non-hydrogen) atoms. The van der Waals surface area contributed by atoms with Crippen LogP contribution in [0.5, 0.6) is 5.88 Å². The smallest absolute Gasteiger partial charge is 0.242 e. The highest BCUT2D eigenvalue weighted by molar-refractivity contribution is 5.96. The van der Waals surface area contributed by atoms with Crippen molar-refractivity contribution in [2.75, 3.05) is 0 Å². The number of hydrogen-bond acceptors (Lipinski definition) is 6. The predicted molar refractivity (Wildman–Crippen MR) is 146 cm³/mol. The van der Waals surface area contributed by atoms with E-state index in [0.29, 0.717) is 30.3 Å². The molecule has 0 aliphatic rings. The van der Waals surface area contributed by atoms with Crippen molar-refractivity contribution in [3.63, 3.8) is 0 Å². The molecule has 0 unspecified atom stereocenters. The number of carbonyl (C=O) groups is 1. The lowest BCUT2D eigenvalue weighted by atomic mass is 9.84. The van der Waals surface area contributed by atoms with Gasteiger partial charge in [-0.25, -0.2) is 4.68 Å². The van der Waals surface area contributed by atoms with Gasteiger partial charge >= 0.3 is 0 Å². The van der Waals surface area contributed by atoms with Gasteiger partial charge in [0.2, 0.25) is 11.5 Å². The number of ether oxygens (including phenoxy) is 2. The van der Waals surface area contributed by atoms with Crippen molar-refractivity contribution in [2.24, 2.45) is 0 Å². The van der Waals surface area contributed by atoms with Crippen LogP contribution < -0.4 is 10.4 Å². The molecule has 0 saturated carbocycles. The Bertz CT molecular complexity index is 1450. The normalized spacial score (nSPS) is 11.8. The molecule has 2 heterocycles. The number of ketones is 1. The van der Waals surface area contributed by atoms with Crippen molar-refractivity contribution >= 4 is 11.4 Å². The van der Waals surface area contributed by atoms with E-state index in [4.69, 9.17) is 14.9 Å². The van der Waals surface area contributed by atoms with Crippen LogP contribution in [0.1, 0.15) is 74.5 Å². The van der Waals surface area contributed by atoms with E-state index in [1.165, 1.54) is 9.20 Å². The van der Waals surface area contributed by atoms with E-state index in [1.807, 2.05) is 42.5 Å². The van der Waals surface area contributed by atoms with Crippen LogP contribution in [0.3, 0.4) is 0 Å². The first kappa shape index (κ1) is 27.3. The highest BCUT2D eigenvalue weighted by Crippen LogP contribution is 2.25. The molecule has 4 rings (SSSR count). The minimum absolute atomic E-state index is 0.0155. The molecule has 8 heteroatoms. The average molecular weight is 516 g/mol. The Hall–Kier alpha value is -3.78. The second-order valence-corrected chi connectivity index (χ2v) is 10.5. The van der Waals surface area contributed by atoms with Crippen LogP contribution in [0.15, 0.2) is 60.7 Å². The molecule has 0 bridgehead atoms. The molecule has 0 amide bonds. The highest BCUT2D eigenvalue weighted by Gasteiger charge is 2.19. The van der Waals surface area contributed by atoms with E-state index in [-0.39, 0.29) is 29.5 Å². The molecule has 0 aliphatic heterocycles. The summed E-state index contributed by atoms with van der Waals surface area (Å²) >= 11 is 0. The van der Waals surface area contributed by atoms with Gasteiger partial charge in [-0.05, 0) is 53.1 Å². The van der Waals surface area contributed by atoms with Crippen molar-refractivity contribution in [1.82, 2.24) is 19.4 Å². The first-order chi connectivity index (χ1) is 18.2. The maximum Gasteiger partial charge on any atom is 0.242 e. The molecule has 8 nitrogen and oxygen atoms in total. The Morgan fingerprint density at radius 1 is 0.947 bits per heavy atom. The lowest BCUT2D eigenvalue weighted by Crippen LogP contribution is -2.27. The van der Waals surface area contributed by atoms with Gasteiger partial charge in [-0.2, -0.15) is 4.52 Å². The molecule has 0 radical (unpaired) electrons. The quantitative estimate of drug-likeness (QED) is 0.267. The first-order valence-corrected chi connectivity index (χ1v) is 13.2. The SMILES string of the molecule is CCC(CC)Oc1ccc2nn(CC(=O)c3cc(COCc4ccccc4)cc(C(C)(C)C)c3)c(=N)n2n1. The van der Waals surface area contributed by atoms with E-state index >= 15 is 0 Å². The van der Waals surface area contributed by atoms with Crippen molar-refractivity contribution in [3.8, 4) is 5.88 Å². The molecular formula is C30H37N5O3. The third-order valence-corrected chi connectivity index (χ3v) is 6.51. The largest absolute Gasteiger partial charge is 0.473 e. The minimum Gasteiger partial charge on any atom is -0.473 e. The third kappa shape index (κ3) is 6.55. The number of benzene rings is 2. The zero-order valence-corrected chi connectivity index (χ0v) is 22.9. The Labute approximate surface area is 223 Å². The number of aromatic nitrogens is 4. The summed E-state index contributed by atoms with van der Waals surface area (Å²) in [5.74, 6) is 0.310. The van der Waals surface area contributed by atoms with Gasteiger partial charge < -0.3 is 9.47 Å². The topological polar surface area (TPSA) is 94.5 Å². The Morgan fingerprint density at radius 2 is 1.66 bits per heavy atom. The molecule has 0 aliphatic carbocycles. The molecule has 1 N–H and O–H groups in total. The van der Waals surface area contributed by atoms with Gasteiger partial charge in [-0.1, -0.05) is 71.0 Å². The molecular weight excluding hydrogens is 478 g/mol. The third-order valence-electron chi connectivity index (χ3n) is 6.51. The van der Waals surface area contributed by atoms with E-state index < -0.39 is 0 Å². The fraction of sp³-hybridized carbons (Fsp3) is 0.400. The molecule has 2 aromatic carbocycles. The predicted octanol–water partition coefficient (Wildman–Crippen LogP) is 5.47. The van der Waals surface area contributed by atoms with E-state index in [1.54, 1.807) is 12.1 Å². The van der Waals surface area contributed by atoms with Crippen molar-refractivity contribution in [1.29, 1.82) is 5.41 Å². The molecule has 0 saturated heterocycles. The second kappa shape index (κ2) is 11.7. The average Bonchev–Trinajstić information content (AvgIpc) is 3.21. The summed E-state index contributed by atoms with van der Waals surface area (Å²) in [6.45, 7) is 11.3. The van der Waals surface area contributed by atoms with Gasteiger partial charge in [-0.3, -0.25) is 10.2 Å². The van der Waals surface area contributed by atoms with Gasteiger partial charge in [0.25, 0.3) is 0 Å². The number of fused-ring (bicyclic) bond motifs is 1. The van der Waals surface area contributed by atoms with Gasteiger partial charge in [0.15, 0.2) is 11.4 Å². The van der Waals surface area contributed by atoms with Gasteiger partial charge in [0.1, 0.15) is 6.54 Å². The number of nitrogens with one attached hydrogen (secondary N) is 1. The number of carbonyl (C=O) groups excluding carboxylic acids is 1. The zero-order chi connectivity index (χ0) is 27.3. The minimum atomic E-state index is -0.142. The van der Waals surface area contributed by atoms with E-state index in [9.17, 15) is 4.79 Å². The first-order valence-electron chi connectivity index (χ1n) is 13.2. The summed E-state index contributed by atoms with van der Waals surface area (Å²) < 4.78 is 14.7. The lowest BCUT2D eigenvalue weighted by Gasteiger charge is -2.21. The summed E-state index contributed by atoms with van der Waals surface area (Å²) in [5.41, 5.74) is 4.02. The number of hydrogen-bond donors (Lipinski definition) is 1. The van der Waals surface area contributed by atoms with Gasteiger partial charge in [0, 0.05) is 11.6 Å². The van der Waals surface area contributed by atoms with Crippen molar-refractivity contribution < 1.29 is 14.3 Å². The summed E-state index contributed by atoms with van der Waals surface area (Å²) in [4.78, 5) is 13.4. The van der Waals surface area contributed by atoms with Crippen LogP contribution in [0, 0.1) is 5.41 Å². The van der Waals surface area contributed by atoms with Crippen LogP contribution in [0.25, 0.3) is 5.65 Å². The fourth-order valence-corrected chi connectivity index (χ4v) is 4.17. The second-order valence-electron chi connectivity index (χ2n) is 10.5. The monoisotopic (exact) mass is 515 g/mol. The van der Waals surface area contributed by atoms with E-state index in [2.05, 4.69) is 50.9 Å². The standard InChI is InChI=1S/C30H37N5O3/c1-6-25(7-2)38-28-14-13-27-32-34(29(31)35(27)33-28)18-26(36)23-15-22(16-24(17-23)30(3,4)5)20-37-19-21-11-9-8-10-12-21/h8-17,25,31H,6-7,18-20H2,1-5H3. The van der Waals surface area contributed by atoms with Crippen molar-refractivity contribution in [3.05, 3.63) is 88.5 Å². The molecule has 0 fully saturated rings. The maximum atomic E-state index is 13.4. The van der Waals surface area contributed by atoms with Crippen LogP contribution in [-0.4, -0.2) is 31.3 Å². The molecule has 4 aromatic rings. The number of rotatable bonds is 11. The van der Waals surface area contributed by atoms with E-state index in [0.717, 1.165) is 29.5 Å². The molecule has 2 aromatic heterocycles. The van der Waals surface area contributed by atoms with Crippen molar-refractivity contribution in [2.45, 2.75) is 78.7 Å². The maximum absolute atomic E-state index is 13.4. The summed E-state index contributed by atoms with van der Waals surface area (Å²) in [6, 6.07) is 19.4. The fourth-order valence-electron chi connectivity index (χ4n) is 4.17. The number of Topliss-reactive ketones (excluding diaryl/α,β-unsaturated/α-hetero) is 1. The Kier molecular flexibility index (Phi) is 8.42. The zero-order valence-electron chi connectivity index (χ0n) is 22.9.